The molecule has 68 valence electrons. The van der Waals surface area contributed by atoms with Crippen molar-refractivity contribution >= 4 is 11.6 Å². The molecule has 0 saturated heterocycles. The SMILES string of the molecule is CC[C@H](Cl)n1cccc1CCO. The summed E-state index contributed by atoms with van der Waals surface area (Å²) in [5.41, 5.74) is 1.11. The molecular formula is C9H14ClNO. The van der Waals surface area contributed by atoms with Crippen molar-refractivity contribution in [3.05, 3.63) is 24.0 Å². The van der Waals surface area contributed by atoms with E-state index in [1.54, 1.807) is 0 Å². The third-order valence-corrected chi connectivity index (χ3v) is 2.39. The second-order valence-electron chi connectivity index (χ2n) is 2.72. The second-order valence-corrected chi connectivity index (χ2v) is 3.23. The molecule has 0 radical (unpaired) electrons. The van der Waals surface area contributed by atoms with Crippen LogP contribution in [0.3, 0.4) is 0 Å². The van der Waals surface area contributed by atoms with Crippen molar-refractivity contribution in [2.45, 2.75) is 25.3 Å². The van der Waals surface area contributed by atoms with Gasteiger partial charge in [0.05, 0.1) is 0 Å². The summed E-state index contributed by atoms with van der Waals surface area (Å²) < 4.78 is 2.00. The molecule has 0 unspecified atom stereocenters. The van der Waals surface area contributed by atoms with Gasteiger partial charge in [-0.3, -0.25) is 0 Å². The summed E-state index contributed by atoms with van der Waals surface area (Å²) in [6, 6.07) is 3.94. The highest BCUT2D eigenvalue weighted by molar-refractivity contribution is 6.19. The van der Waals surface area contributed by atoms with Gasteiger partial charge in [-0.15, -0.1) is 0 Å². The lowest BCUT2D eigenvalue weighted by Crippen LogP contribution is -2.05. The first kappa shape index (κ1) is 9.62. The van der Waals surface area contributed by atoms with Gasteiger partial charge in [-0.1, -0.05) is 18.5 Å². The fraction of sp³-hybridized carbons (Fsp3) is 0.556. The smallest absolute Gasteiger partial charge is 0.107 e. The molecule has 2 nitrogen and oxygen atoms in total. The van der Waals surface area contributed by atoms with E-state index in [0.717, 1.165) is 12.1 Å². The summed E-state index contributed by atoms with van der Waals surface area (Å²) in [5, 5.41) is 8.76. The van der Waals surface area contributed by atoms with Crippen molar-refractivity contribution in [1.82, 2.24) is 4.57 Å². The van der Waals surface area contributed by atoms with Crippen LogP contribution in [-0.2, 0) is 6.42 Å². The molecule has 0 aliphatic heterocycles. The van der Waals surface area contributed by atoms with Gasteiger partial charge in [0.15, 0.2) is 0 Å². The highest BCUT2D eigenvalue weighted by atomic mass is 35.5. The Morgan fingerprint density at radius 2 is 2.42 bits per heavy atom. The average molecular weight is 188 g/mol. The van der Waals surface area contributed by atoms with Gasteiger partial charge in [0.2, 0.25) is 0 Å². The zero-order valence-electron chi connectivity index (χ0n) is 7.20. The molecule has 0 aliphatic carbocycles. The van der Waals surface area contributed by atoms with Crippen molar-refractivity contribution in [2.24, 2.45) is 0 Å². The van der Waals surface area contributed by atoms with Crippen molar-refractivity contribution in [1.29, 1.82) is 0 Å². The lowest BCUT2D eigenvalue weighted by molar-refractivity contribution is 0.296. The minimum Gasteiger partial charge on any atom is -0.396 e. The van der Waals surface area contributed by atoms with Gasteiger partial charge in [0.1, 0.15) is 5.50 Å². The predicted octanol–water partition coefficient (Wildman–Crippen LogP) is 2.17. The van der Waals surface area contributed by atoms with Gasteiger partial charge >= 0.3 is 0 Å². The molecule has 1 aromatic heterocycles. The van der Waals surface area contributed by atoms with Crippen LogP contribution >= 0.6 is 11.6 Å². The Morgan fingerprint density at radius 1 is 1.67 bits per heavy atom. The van der Waals surface area contributed by atoms with Crippen molar-refractivity contribution < 1.29 is 5.11 Å². The predicted molar refractivity (Wildman–Crippen MR) is 50.4 cm³/mol. The van der Waals surface area contributed by atoms with Gasteiger partial charge < -0.3 is 9.67 Å². The molecule has 12 heavy (non-hydrogen) atoms. The summed E-state index contributed by atoms with van der Waals surface area (Å²) >= 11 is 6.05. The molecule has 1 rings (SSSR count). The molecule has 1 aromatic rings. The minimum absolute atomic E-state index is 0.0153. The van der Waals surface area contributed by atoms with Crippen LogP contribution in [0.5, 0.6) is 0 Å². The van der Waals surface area contributed by atoms with Crippen LogP contribution in [0.15, 0.2) is 18.3 Å². The standard InChI is InChI=1S/C9H14ClNO/c1-2-9(10)11-6-3-4-8(11)5-7-12/h3-4,6,9,12H,2,5,7H2,1H3/t9-/m1/s1. The molecule has 1 heterocycles. The highest BCUT2D eigenvalue weighted by Crippen LogP contribution is 2.19. The largest absolute Gasteiger partial charge is 0.396 e. The first-order valence-corrected chi connectivity index (χ1v) is 4.64. The maximum Gasteiger partial charge on any atom is 0.107 e. The number of hydrogen-bond acceptors (Lipinski definition) is 1. The lowest BCUT2D eigenvalue weighted by Gasteiger charge is -2.12. The maximum absolute atomic E-state index is 8.76. The minimum atomic E-state index is 0.0153. The third-order valence-electron chi connectivity index (χ3n) is 1.87. The molecule has 0 spiro atoms. The van der Waals surface area contributed by atoms with E-state index in [1.165, 1.54) is 0 Å². The first-order chi connectivity index (χ1) is 5.79. The van der Waals surface area contributed by atoms with E-state index in [-0.39, 0.29) is 12.1 Å². The summed E-state index contributed by atoms with van der Waals surface area (Å²) in [6.07, 6.45) is 3.52. The Morgan fingerprint density at radius 3 is 3.00 bits per heavy atom. The Labute approximate surface area is 77.8 Å². The van der Waals surface area contributed by atoms with Crippen molar-refractivity contribution in [3.63, 3.8) is 0 Å². The molecular weight excluding hydrogens is 174 g/mol. The van der Waals surface area contributed by atoms with Crippen LogP contribution in [0.1, 0.15) is 24.5 Å². The molecule has 3 heteroatoms. The zero-order valence-corrected chi connectivity index (χ0v) is 7.96. The number of rotatable bonds is 4. The van der Waals surface area contributed by atoms with E-state index in [9.17, 15) is 0 Å². The van der Waals surface area contributed by atoms with Crippen molar-refractivity contribution in [2.75, 3.05) is 6.61 Å². The van der Waals surface area contributed by atoms with E-state index < -0.39 is 0 Å². The summed E-state index contributed by atoms with van der Waals surface area (Å²) in [6.45, 7) is 2.22. The number of aliphatic hydroxyl groups excluding tert-OH is 1. The molecule has 1 N–H and O–H groups in total. The van der Waals surface area contributed by atoms with Gasteiger partial charge in [-0.05, 0) is 18.6 Å². The second kappa shape index (κ2) is 4.53. The molecule has 0 saturated carbocycles. The van der Waals surface area contributed by atoms with Gasteiger partial charge in [0, 0.05) is 24.9 Å². The van der Waals surface area contributed by atoms with E-state index >= 15 is 0 Å². The van der Waals surface area contributed by atoms with E-state index in [2.05, 4.69) is 0 Å². The van der Waals surface area contributed by atoms with Crippen LogP contribution in [0, 0.1) is 0 Å². The highest BCUT2D eigenvalue weighted by Gasteiger charge is 2.06. The number of aromatic nitrogens is 1. The molecule has 1 atom stereocenters. The Balaban J connectivity index is 2.76. The number of hydrogen-bond donors (Lipinski definition) is 1. The monoisotopic (exact) mass is 187 g/mol. The number of nitrogens with zero attached hydrogens (tertiary/aromatic N) is 1. The summed E-state index contributed by atoms with van der Waals surface area (Å²) in [4.78, 5) is 0. The Hall–Kier alpha value is -0.470. The molecule has 0 bridgehead atoms. The molecule has 0 fully saturated rings. The van der Waals surface area contributed by atoms with Gasteiger partial charge in [-0.25, -0.2) is 0 Å². The topological polar surface area (TPSA) is 25.2 Å². The number of alkyl halides is 1. The van der Waals surface area contributed by atoms with Crippen LogP contribution < -0.4 is 0 Å². The summed E-state index contributed by atoms with van der Waals surface area (Å²) in [5.74, 6) is 0. The fourth-order valence-electron chi connectivity index (χ4n) is 1.23. The maximum atomic E-state index is 8.76. The zero-order chi connectivity index (χ0) is 8.97. The lowest BCUT2D eigenvalue weighted by atomic mass is 10.3. The number of aliphatic hydroxyl groups is 1. The van der Waals surface area contributed by atoms with E-state index in [0.29, 0.717) is 6.42 Å². The first-order valence-electron chi connectivity index (χ1n) is 4.20. The molecule has 0 aliphatic rings. The van der Waals surface area contributed by atoms with E-state index in [1.807, 2.05) is 29.8 Å². The fourth-order valence-corrected chi connectivity index (χ4v) is 1.42. The van der Waals surface area contributed by atoms with Crippen molar-refractivity contribution in [3.8, 4) is 0 Å². The van der Waals surface area contributed by atoms with E-state index in [4.69, 9.17) is 16.7 Å². The van der Waals surface area contributed by atoms with Crippen LogP contribution in [0.25, 0.3) is 0 Å². The van der Waals surface area contributed by atoms with Crippen LogP contribution in [0.2, 0.25) is 0 Å². The Kier molecular flexibility index (Phi) is 3.63. The molecule has 0 aromatic carbocycles. The van der Waals surface area contributed by atoms with Crippen LogP contribution in [0.4, 0.5) is 0 Å². The molecule has 0 amide bonds. The third kappa shape index (κ3) is 2.02. The van der Waals surface area contributed by atoms with Crippen LogP contribution in [-0.4, -0.2) is 16.3 Å². The quantitative estimate of drug-likeness (QED) is 0.719. The summed E-state index contributed by atoms with van der Waals surface area (Å²) in [7, 11) is 0. The average Bonchev–Trinajstić information content (AvgIpc) is 2.52. The Bertz CT molecular complexity index is 234. The number of halogens is 1. The van der Waals surface area contributed by atoms with Gasteiger partial charge in [0.25, 0.3) is 0 Å². The normalized spacial score (nSPS) is 13.2. The van der Waals surface area contributed by atoms with Gasteiger partial charge in [-0.2, -0.15) is 0 Å².